The molecule has 4 rings (SSSR count). The molecule has 0 aliphatic carbocycles. The van der Waals surface area contributed by atoms with E-state index in [0.717, 1.165) is 43.7 Å². The van der Waals surface area contributed by atoms with Crippen LogP contribution < -0.4 is 10.1 Å². The van der Waals surface area contributed by atoms with E-state index in [4.69, 9.17) is 9.47 Å². The molecule has 0 radical (unpaired) electrons. The number of hydrogen-bond acceptors (Lipinski definition) is 6. The SMILES string of the molecule is COc1ccc([C@H](CNC(=O)c2cccc(S(=O)(=O)N3CCCCC3)c2)N2CCOCC2)cc1. The molecule has 2 aliphatic heterocycles. The molecule has 8 nitrogen and oxygen atoms in total. The fraction of sp³-hybridized carbons (Fsp3) is 0.480. The predicted molar refractivity (Wildman–Crippen MR) is 130 cm³/mol. The van der Waals surface area contributed by atoms with Crippen molar-refractivity contribution in [2.45, 2.75) is 30.2 Å². The van der Waals surface area contributed by atoms with Gasteiger partial charge in [-0.3, -0.25) is 9.69 Å². The average molecular weight is 488 g/mol. The average Bonchev–Trinajstić information content (AvgIpc) is 2.90. The third-order valence-corrected chi connectivity index (χ3v) is 8.39. The highest BCUT2D eigenvalue weighted by molar-refractivity contribution is 7.89. The Labute approximate surface area is 201 Å². The number of benzene rings is 2. The van der Waals surface area contributed by atoms with E-state index in [1.165, 1.54) is 10.4 Å². The predicted octanol–water partition coefficient (Wildman–Crippen LogP) is 2.67. The number of hydrogen-bond donors (Lipinski definition) is 1. The molecular weight excluding hydrogens is 454 g/mol. The Balaban J connectivity index is 1.48. The zero-order valence-electron chi connectivity index (χ0n) is 19.6. The molecular formula is C25H33N3O5S. The van der Waals surface area contributed by atoms with Gasteiger partial charge in [0.1, 0.15) is 5.75 Å². The van der Waals surface area contributed by atoms with Gasteiger partial charge in [0, 0.05) is 38.3 Å². The van der Waals surface area contributed by atoms with Gasteiger partial charge in [0.2, 0.25) is 10.0 Å². The zero-order chi connectivity index (χ0) is 24.0. The van der Waals surface area contributed by atoms with Gasteiger partial charge in [-0.1, -0.05) is 24.6 Å². The largest absolute Gasteiger partial charge is 0.497 e. The Morgan fingerprint density at radius 3 is 2.41 bits per heavy atom. The number of sulfonamides is 1. The van der Waals surface area contributed by atoms with Gasteiger partial charge in [-0.15, -0.1) is 0 Å². The van der Waals surface area contributed by atoms with Gasteiger partial charge in [-0.25, -0.2) is 8.42 Å². The van der Waals surface area contributed by atoms with E-state index in [1.807, 2.05) is 24.3 Å². The second-order valence-corrected chi connectivity index (χ2v) is 10.6. The minimum Gasteiger partial charge on any atom is -0.497 e. The topological polar surface area (TPSA) is 88.2 Å². The van der Waals surface area contributed by atoms with Crippen LogP contribution in [0.15, 0.2) is 53.4 Å². The van der Waals surface area contributed by atoms with Crippen LogP contribution in [0.4, 0.5) is 0 Å². The number of nitrogens with one attached hydrogen (secondary N) is 1. The van der Waals surface area contributed by atoms with E-state index in [1.54, 1.807) is 25.3 Å². The van der Waals surface area contributed by atoms with Crippen LogP contribution in [0.5, 0.6) is 5.75 Å². The maximum atomic E-state index is 13.0. The van der Waals surface area contributed by atoms with E-state index in [0.29, 0.717) is 38.4 Å². The third-order valence-electron chi connectivity index (χ3n) is 6.49. The van der Waals surface area contributed by atoms with Gasteiger partial charge in [0.05, 0.1) is 31.3 Å². The van der Waals surface area contributed by atoms with E-state index >= 15 is 0 Å². The van der Waals surface area contributed by atoms with E-state index in [2.05, 4.69) is 10.2 Å². The van der Waals surface area contributed by atoms with Gasteiger partial charge in [-0.2, -0.15) is 4.31 Å². The Hall–Kier alpha value is -2.46. The van der Waals surface area contributed by atoms with Crippen molar-refractivity contribution >= 4 is 15.9 Å². The summed E-state index contributed by atoms with van der Waals surface area (Å²) in [6, 6.07) is 14.2. The number of rotatable bonds is 8. The van der Waals surface area contributed by atoms with Crippen LogP contribution in [0.25, 0.3) is 0 Å². The number of carbonyl (C=O) groups is 1. The number of nitrogens with zero attached hydrogens (tertiary/aromatic N) is 2. The normalized spacial score (nSPS) is 18.9. The number of morpholine rings is 1. The summed E-state index contributed by atoms with van der Waals surface area (Å²) >= 11 is 0. The van der Waals surface area contributed by atoms with Gasteiger partial charge in [0.25, 0.3) is 5.91 Å². The lowest BCUT2D eigenvalue weighted by Crippen LogP contribution is -2.43. The molecule has 2 saturated heterocycles. The molecule has 2 fully saturated rings. The first-order valence-corrected chi connectivity index (χ1v) is 13.3. The number of carbonyl (C=O) groups excluding carboxylic acids is 1. The third kappa shape index (κ3) is 5.78. The molecule has 0 unspecified atom stereocenters. The van der Waals surface area contributed by atoms with Crippen molar-refractivity contribution in [1.82, 2.24) is 14.5 Å². The maximum Gasteiger partial charge on any atom is 0.251 e. The summed E-state index contributed by atoms with van der Waals surface area (Å²) in [6.07, 6.45) is 2.79. The van der Waals surface area contributed by atoms with Gasteiger partial charge < -0.3 is 14.8 Å². The first kappa shape index (κ1) is 24.7. The summed E-state index contributed by atoms with van der Waals surface area (Å²) in [5.41, 5.74) is 1.41. The number of ether oxygens (including phenoxy) is 2. The first-order chi connectivity index (χ1) is 16.5. The lowest BCUT2D eigenvalue weighted by atomic mass is 10.0. The summed E-state index contributed by atoms with van der Waals surface area (Å²) in [5.74, 6) is 0.489. The number of methoxy groups -OCH3 is 1. The lowest BCUT2D eigenvalue weighted by molar-refractivity contribution is 0.0162. The van der Waals surface area contributed by atoms with Crippen LogP contribution in [0, 0.1) is 0 Å². The summed E-state index contributed by atoms with van der Waals surface area (Å²) < 4.78 is 38.4. The smallest absolute Gasteiger partial charge is 0.251 e. The Morgan fingerprint density at radius 1 is 1.03 bits per heavy atom. The van der Waals surface area contributed by atoms with Crippen LogP contribution in [0.3, 0.4) is 0 Å². The number of amides is 1. The Morgan fingerprint density at radius 2 is 1.74 bits per heavy atom. The molecule has 2 aromatic carbocycles. The highest BCUT2D eigenvalue weighted by atomic mass is 32.2. The van der Waals surface area contributed by atoms with E-state index in [-0.39, 0.29) is 16.8 Å². The molecule has 0 spiro atoms. The molecule has 2 aliphatic rings. The summed E-state index contributed by atoms with van der Waals surface area (Å²) in [4.78, 5) is 15.5. The van der Waals surface area contributed by atoms with Gasteiger partial charge >= 0.3 is 0 Å². The zero-order valence-corrected chi connectivity index (χ0v) is 20.4. The molecule has 1 amide bonds. The van der Waals surface area contributed by atoms with E-state index < -0.39 is 10.0 Å². The Kier molecular flexibility index (Phi) is 8.20. The molecule has 1 N–H and O–H groups in total. The second-order valence-electron chi connectivity index (χ2n) is 8.64. The molecule has 1 atom stereocenters. The lowest BCUT2D eigenvalue weighted by Gasteiger charge is -2.35. The van der Waals surface area contributed by atoms with Crippen LogP contribution in [-0.2, 0) is 14.8 Å². The minimum atomic E-state index is -3.60. The fourth-order valence-electron chi connectivity index (χ4n) is 4.52. The standard InChI is InChI=1S/C25H33N3O5S/c1-32-22-10-8-20(9-11-22)24(27-14-16-33-17-15-27)19-26-25(29)21-6-5-7-23(18-21)34(30,31)28-12-3-2-4-13-28/h5-11,18,24H,2-4,12-17,19H2,1H3,(H,26,29)/t24-/m0/s1. The summed E-state index contributed by atoms with van der Waals surface area (Å²) in [7, 11) is -1.96. The molecule has 0 saturated carbocycles. The fourth-order valence-corrected chi connectivity index (χ4v) is 6.08. The summed E-state index contributed by atoms with van der Waals surface area (Å²) in [6.45, 7) is 4.30. The highest BCUT2D eigenvalue weighted by Gasteiger charge is 2.27. The van der Waals surface area contributed by atoms with Crippen molar-refractivity contribution in [3.8, 4) is 5.75 Å². The minimum absolute atomic E-state index is 0.0287. The molecule has 0 bridgehead atoms. The summed E-state index contributed by atoms with van der Waals surface area (Å²) in [5, 5.41) is 3.02. The van der Waals surface area contributed by atoms with Crippen molar-refractivity contribution < 1.29 is 22.7 Å². The molecule has 2 aromatic rings. The first-order valence-electron chi connectivity index (χ1n) is 11.8. The molecule has 0 aromatic heterocycles. The van der Waals surface area contributed by atoms with Crippen molar-refractivity contribution in [3.63, 3.8) is 0 Å². The van der Waals surface area contributed by atoms with Gasteiger partial charge in [0.15, 0.2) is 0 Å². The van der Waals surface area contributed by atoms with Crippen molar-refractivity contribution in [1.29, 1.82) is 0 Å². The van der Waals surface area contributed by atoms with Gasteiger partial charge in [-0.05, 0) is 48.7 Å². The highest BCUT2D eigenvalue weighted by Crippen LogP contribution is 2.25. The van der Waals surface area contributed by atoms with Crippen LogP contribution in [0.2, 0.25) is 0 Å². The van der Waals surface area contributed by atoms with Crippen LogP contribution in [-0.4, -0.2) is 76.6 Å². The quantitative estimate of drug-likeness (QED) is 0.616. The monoisotopic (exact) mass is 487 g/mol. The van der Waals surface area contributed by atoms with Crippen molar-refractivity contribution in [2.24, 2.45) is 0 Å². The molecule has 9 heteroatoms. The molecule has 184 valence electrons. The Bertz CT molecular complexity index is 1060. The molecule has 2 heterocycles. The molecule has 34 heavy (non-hydrogen) atoms. The second kappa shape index (κ2) is 11.3. The maximum absolute atomic E-state index is 13.0. The van der Waals surface area contributed by atoms with E-state index in [9.17, 15) is 13.2 Å². The van der Waals surface area contributed by atoms with Crippen molar-refractivity contribution in [2.75, 3.05) is 53.0 Å². The van der Waals surface area contributed by atoms with Crippen LogP contribution >= 0.6 is 0 Å². The van der Waals surface area contributed by atoms with Crippen LogP contribution in [0.1, 0.15) is 41.2 Å². The number of piperidine rings is 1. The van der Waals surface area contributed by atoms with Crippen molar-refractivity contribution in [3.05, 3.63) is 59.7 Å².